The van der Waals surface area contributed by atoms with Gasteiger partial charge in [0.1, 0.15) is 5.75 Å². The Morgan fingerprint density at radius 2 is 2.33 bits per heavy atom. The van der Waals surface area contributed by atoms with Gasteiger partial charge in [-0.3, -0.25) is 4.79 Å². The van der Waals surface area contributed by atoms with E-state index in [1.165, 1.54) is 0 Å². The summed E-state index contributed by atoms with van der Waals surface area (Å²) in [6.07, 6.45) is 0.935. The molecule has 1 aromatic carbocycles. The topological polar surface area (TPSA) is 38.8 Å². The number of benzene rings is 1. The molecule has 0 spiro atoms. The largest absolute Gasteiger partial charge is 0.482 e. The van der Waals surface area contributed by atoms with Crippen LogP contribution in [0, 0.1) is 0 Å². The predicted octanol–water partition coefficient (Wildman–Crippen LogP) is 3.51. The second-order valence-electron chi connectivity index (χ2n) is 5.12. The molecular weight excluding hydrogens is 358 g/mol. The second kappa shape index (κ2) is 7.47. The predicted molar refractivity (Wildman–Crippen MR) is 85.9 cm³/mol. The van der Waals surface area contributed by atoms with Crippen LogP contribution in [0.4, 0.5) is 0 Å². The van der Waals surface area contributed by atoms with Crippen molar-refractivity contribution in [1.29, 1.82) is 0 Å². The molecular formula is C15H19BrClNO3. The highest BCUT2D eigenvalue weighted by Crippen LogP contribution is 2.27. The van der Waals surface area contributed by atoms with Crippen molar-refractivity contribution in [2.24, 2.45) is 0 Å². The van der Waals surface area contributed by atoms with E-state index in [1.54, 1.807) is 12.1 Å². The highest BCUT2D eigenvalue weighted by molar-refractivity contribution is 9.10. The van der Waals surface area contributed by atoms with Crippen molar-refractivity contribution in [1.82, 2.24) is 4.90 Å². The first-order valence-corrected chi connectivity index (χ1v) is 8.17. The number of nitrogens with zero attached hydrogens (tertiary/aromatic N) is 1. The van der Waals surface area contributed by atoms with Crippen molar-refractivity contribution in [3.05, 3.63) is 27.7 Å². The molecule has 2 unspecified atom stereocenters. The third kappa shape index (κ3) is 4.34. The normalized spacial score (nSPS) is 22.2. The molecule has 0 bridgehead atoms. The minimum atomic E-state index is -0.0315. The van der Waals surface area contributed by atoms with Crippen LogP contribution in [0.25, 0.3) is 0 Å². The van der Waals surface area contributed by atoms with E-state index in [4.69, 9.17) is 21.1 Å². The monoisotopic (exact) mass is 375 g/mol. The lowest BCUT2D eigenvalue weighted by molar-refractivity contribution is -0.146. The van der Waals surface area contributed by atoms with Gasteiger partial charge in [0.15, 0.2) is 6.61 Å². The Hall–Kier alpha value is -0.780. The van der Waals surface area contributed by atoms with Crippen LogP contribution < -0.4 is 4.74 Å². The molecule has 0 saturated carbocycles. The number of carbonyl (C=O) groups excluding carboxylic acids is 1. The first-order chi connectivity index (χ1) is 10.0. The summed E-state index contributed by atoms with van der Waals surface area (Å²) in [5.41, 5.74) is 0. The molecule has 1 fully saturated rings. The van der Waals surface area contributed by atoms with Crippen LogP contribution in [-0.4, -0.2) is 42.7 Å². The molecule has 21 heavy (non-hydrogen) atoms. The molecule has 2 atom stereocenters. The number of ether oxygens (including phenoxy) is 2. The minimum Gasteiger partial charge on any atom is -0.482 e. The maximum absolute atomic E-state index is 12.4. The number of hydrogen-bond donors (Lipinski definition) is 0. The summed E-state index contributed by atoms with van der Waals surface area (Å²) in [6.45, 7) is 5.21. The third-order valence-electron chi connectivity index (χ3n) is 3.50. The smallest absolute Gasteiger partial charge is 0.260 e. The van der Waals surface area contributed by atoms with E-state index in [0.717, 1.165) is 10.9 Å². The highest BCUT2D eigenvalue weighted by atomic mass is 79.9. The molecule has 1 aliphatic heterocycles. The maximum atomic E-state index is 12.4. The number of carbonyl (C=O) groups is 1. The molecule has 1 aliphatic rings. The molecule has 116 valence electrons. The lowest BCUT2D eigenvalue weighted by Crippen LogP contribution is -2.52. The van der Waals surface area contributed by atoms with E-state index in [1.807, 2.05) is 17.9 Å². The van der Waals surface area contributed by atoms with Gasteiger partial charge >= 0.3 is 0 Å². The van der Waals surface area contributed by atoms with E-state index in [0.29, 0.717) is 23.9 Å². The Balaban J connectivity index is 1.96. The first kappa shape index (κ1) is 16.6. The SMILES string of the molecule is CCC1COC(C)CN1C(=O)COc1ccc(Br)cc1Cl. The summed E-state index contributed by atoms with van der Waals surface area (Å²) in [4.78, 5) is 14.2. The van der Waals surface area contributed by atoms with Crippen molar-refractivity contribution < 1.29 is 14.3 Å². The molecule has 4 nitrogen and oxygen atoms in total. The molecule has 0 aromatic heterocycles. The zero-order valence-corrected chi connectivity index (χ0v) is 14.5. The minimum absolute atomic E-state index is 0.00935. The average molecular weight is 377 g/mol. The fraction of sp³-hybridized carbons (Fsp3) is 0.533. The number of morpholine rings is 1. The Labute approximate surface area is 138 Å². The molecule has 1 aromatic rings. The van der Waals surface area contributed by atoms with E-state index < -0.39 is 0 Å². The van der Waals surface area contributed by atoms with E-state index in [2.05, 4.69) is 22.9 Å². The molecule has 0 radical (unpaired) electrons. The van der Waals surface area contributed by atoms with Crippen LogP contribution in [0.3, 0.4) is 0 Å². The molecule has 1 heterocycles. The standard InChI is InChI=1S/C15H19BrClNO3/c1-3-12-8-20-10(2)7-18(12)15(19)9-21-14-5-4-11(16)6-13(14)17/h4-6,10,12H,3,7-9H2,1-2H3. The fourth-order valence-electron chi connectivity index (χ4n) is 2.30. The number of amides is 1. The van der Waals surface area contributed by atoms with Crippen LogP contribution in [0.1, 0.15) is 20.3 Å². The molecule has 0 aliphatic carbocycles. The molecule has 6 heteroatoms. The van der Waals surface area contributed by atoms with Gasteiger partial charge in [0, 0.05) is 11.0 Å². The van der Waals surface area contributed by atoms with Gasteiger partial charge in [-0.1, -0.05) is 34.5 Å². The quantitative estimate of drug-likeness (QED) is 0.807. The van der Waals surface area contributed by atoms with Gasteiger partial charge in [0.25, 0.3) is 5.91 Å². The third-order valence-corrected chi connectivity index (χ3v) is 4.29. The highest BCUT2D eigenvalue weighted by Gasteiger charge is 2.29. The second-order valence-corrected chi connectivity index (χ2v) is 6.44. The lowest BCUT2D eigenvalue weighted by Gasteiger charge is -2.38. The van der Waals surface area contributed by atoms with Gasteiger partial charge in [-0.2, -0.15) is 0 Å². The van der Waals surface area contributed by atoms with Gasteiger partial charge < -0.3 is 14.4 Å². The van der Waals surface area contributed by atoms with Crippen LogP contribution in [-0.2, 0) is 9.53 Å². The number of halogens is 2. The van der Waals surface area contributed by atoms with Crippen molar-refractivity contribution in [2.45, 2.75) is 32.4 Å². The molecule has 1 amide bonds. The summed E-state index contributed by atoms with van der Waals surface area (Å²) in [5.74, 6) is 0.485. The van der Waals surface area contributed by atoms with Crippen molar-refractivity contribution in [3.63, 3.8) is 0 Å². The summed E-state index contributed by atoms with van der Waals surface area (Å²) in [6, 6.07) is 5.45. The van der Waals surface area contributed by atoms with Crippen molar-refractivity contribution in [3.8, 4) is 5.75 Å². The van der Waals surface area contributed by atoms with Gasteiger partial charge in [-0.05, 0) is 31.5 Å². The lowest BCUT2D eigenvalue weighted by atomic mass is 10.1. The van der Waals surface area contributed by atoms with Gasteiger partial charge in [-0.25, -0.2) is 0 Å². The Morgan fingerprint density at radius 3 is 3.00 bits per heavy atom. The maximum Gasteiger partial charge on any atom is 0.260 e. The van der Waals surface area contributed by atoms with E-state index in [-0.39, 0.29) is 24.7 Å². The fourth-order valence-corrected chi connectivity index (χ4v) is 3.03. The van der Waals surface area contributed by atoms with Crippen molar-refractivity contribution in [2.75, 3.05) is 19.8 Å². The summed E-state index contributed by atoms with van der Waals surface area (Å²) in [5, 5.41) is 0.486. The van der Waals surface area contributed by atoms with E-state index in [9.17, 15) is 4.79 Å². The molecule has 0 N–H and O–H groups in total. The summed E-state index contributed by atoms with van der Waals surface area (Å²) >= 11 is 9.41. The van der Waals surface area contributed by atoms with E-state index >= 15 is 0 Å². The average Bonchev–Trinajstić information content (AvgIpc) is 2.46. The molecule has 1 saturated heterocycles. The summed E-state index contributed by atoms with van der Waals surface area (Å²) in [7, 11) is 0. The summed E-state index contributed by atoms with van der Waals surface area (Å²) < 4.78 is 12.0. The Morgan fingerprint density at radius 1 is 1.57 bits per heavy atom. The number of hydrogen-bond acceptors (Lipinski definition) is 3. The zero-order valence-electron chi connectivity index (χ0n) is 12.1. The molecule has 2 rings (SSSR count). The van der Waals surface area contributed by atoms with Gasteiger partial charge in [-0.15, -0.1) is 0 Å². The van der Waals surface area contributed by atoms with Crippen LogP contribution >= 0.6 is 27.5 Å². The van der Waals surface area contributed by atoms with Crippen molar-refractivity contribution >= 4 is 33.4 Å². The van der Waals surface area contributed by atoms with Crippen LogP contribution in [0.2, 0.25) is 5.02 Å². The van der Waals surface area contributed by atoms with Crippen LogP contribution in [0.5, 0.6) is 5.75 Å². The van der Waals surface area contributed by atoms with Gasteiger partial charge in [0.2, 0.25) is 0 Å². The number of rotatable bonds is 4. The van der Waals surface area contributed by atoms with Gasteiger partial charge in [0.05, 0.1) is 23.8 Å². The zero-order chi connectivity index (χ0) is 15.4. The van der Waals surface area contributed by atoms with Crippen LogP contribution in [0.15, 0.2) is 22.7 Å². The first-order valence-electron chi connectivity index (χ1n) is 7.00. The Kier molecular flexibility index (Phi) is 5.90. The Bertz CT molecular complexity index is 512.